The number of hydrogen-bond donors (Lipinski definition) is 1. The Balaban J connectivity index is 2.08. The van der Waals surface area contributed by atoms with Gasteiger partial charge in [-0.2, -0.15) is 0 Å². The van der Waals surface area contributed by atoms with Gasteiger partial charge in [-0.05, 0) is 105 Å². The second-order valence-corrected chi connectivity index (χ2v) is 9.43. The third-order valence-corrected chi connectivity index (χ3v) is 6.15. The maximum atomic E-state index is 11.4. The van der Waals surface area contributed by atoms with Crippen LogP contribution >= 0.6 is 0 Å². The lowest BCUT2D eigenvalue weighted by Crippen LogP contribution is -2.15. The van der Waals surface area contributed by atoms with E-state index in [0.29, 0.717) is 5.41 Å². The number of carboxylic acid groups (broad SMARTS) is 1. The number of aliphatic carboxylic acids is 1. The summed E-state index contributed by atoms with van der Waals surface area (Å²) in [6, 6.07) is 2.38. The van der Waals surface area contributed by atoms with Crippen LogP contribution in [0.3, 0.4) is 0 Å². The van der Waals surface area contributed by atoms with Crippen molar-refractivity contribution in [1.82, 2.24) is 0 Å². The van der Waals surface area contributed by atoms with E-state index in [1.54, 1.807) is 0 Å². The van der Waals surface area contributed by atoms with Gasteiger partial charge < -0.3 is 5.11 Å². The first-order valence-corrected chi connectivity index (χ1v) is 9.88. The third kappa shape index (κ3) is 5.09. The SMILES string of the molecule is Cc1cc(CCCC(C)(C)C)c(CCCC2(C(=O)O)CC2)c(C)c1C. The highest BCUT2D eigenvalue weighted by atomic mass is 16.4. The molecule has 0 unspecified atom stereocenters. The normalized spacial score (nSPS) is 16.1. The largest absolute Gasteiger partial charge is 0.481 e. The number of benzene rings is 1. The number of rotatable bonds is 8. The van der Waals surface area contributed by atoms with Crippen LogP contribution in [0.5, 0.6) is 0 Å². The Morgan fingerprint density at radius 1 is 1.08 bits per heavy atom. The average Bonchev–Trinajstić information content (AvgIpc) is 3.28. The maximum Gasteiger partial charge on any atom is 0.309 e. The van der Waals surface area contributed by atoms with Crippen molar-refractivity contribution in [3.8, 4) is 0 Å². The molecule has 2 heteroatoms. The van der Waals surface area contributed by atoms with Gasteiger partial charge in [-0.3, -0.25) is 4.79 Å². The molecule has 1 aliphatic rings. The zero-order valence-electron chi connectivity index (χ0n) is 17.1. The minimum absolute atomic E-state index is 0.384. The summed E-state index contributed by atoms with van der Waals surface area (Å²) in [6.45, 7) is 13.6. The minimum atomic E-state index is -0.588. The first-order valence-electron chi connectivity index (χ1n) is 9.88. The van der Waals surface area contributed by atoms with Gasteiger partial charge in [0.2, 0.25) is 0 Å². The Labute approximate surface area is 154 Å². The molecular weight excluding hydrogens is 308 g/mol. The van der Waals surface area contributed by atoms with E-state index in [2.05, 4.69) is 47.6 Å². The molecular formula is C23H36O2. The van der Waals surface area contributed by atoms with Crippen LogP contribution in [0.15, 0.2) is 6.07 Å². The molecule has 0 heterocycles. The monoisotopic (exact) mass is 344 g/mol. The van der Waals surface area contributed by atoms with Crippen molar-refractivity contribution in [2.24, 2.45) is 10.8 Å². The van der Waals surface area contributed by atoms with Gasteiger partial charge >= 0.3 is 5.97 Å². The first kappa shape index (κ1) is 20.0. The molecule has 140 valence electrons. The fraction of sp³-hybridized carbons (Fsp3) is 0.696. The van der Waals surface area contributed by atoms with E-state index in [1.807, 2.05) is 0 Å². The van der Waals surface area contributed by atoms with Gasteiger partial charge in [-0.25, -0.2) is 0 Å². The summed E-state index contributed by atoms with van der Waals surface area (Å²) >= 11 is 0. The first-order chi connectivity index (χ1) is 11.6. The second kappa shape index (κ2) is 7.51. The van der Waals surface area contributed by atoms with Crippen molar-refractivity contribution in [3.05, 3.63) is 33.9 Å². The number of aryl methyl sites for hydroxylation is 2. The van der Waals surface area contributed by atoms with Crippen LogP contribution in [0.4, 0.5) is 0 Å². The summed E-state index contributed by atoms with van der Waals surface area (Å²) in [5.41, 5.74) is 7.17. The summed E-state index contributed by atoms with van der Waals surface area (Å²) in [6.07, 6.45) is 8.17. The van der Waals surface area contributed by atoms with Crippen molar-refractivity contribution < 1.29 is 9.90 Å². The molecule has 1 saturated carbocycles. The molecule has 1 N–H and O–H groups in total. The number of carbonyl (C=O) groups is 1. The van der Waals surface area contributed by atoms with Crippen LogP contribution in [0.1, 0.15) is 87.1 Å². The smallest absolute Gasteiger partial charge is 0.309 e. The van der Waals surface area contributed by atoms with Gasteiger partial charge in [0.05, 0.1) is 5.41 Å². The van der Waals surface area contributed by atoms with Gasteiger partial charge in [-0.15, -0.1) is 0 Å². The Hall–Kier alpha value is -1.31. The van der Waals surface area contributed by atoms with Crippen LogP contribution in [0.2, 0.25) is 0 Å². The molecule has 0 saturated heterocycles. The van der Waals surface area contributed by atoms with E-state index in [0.717, 1.165) is 38.5 Å². The van der Waals surface area contributed by atoms with Gasteiger partial charge in [0, 0.05) is 0 Å². The zero-order chi connectivity index (χ0) is 18.8. The molecule has 0 aromatic heterocycles. The van der Waals surface area contributed by atoms with E-state index >= 15 is 0 Å². The molecule has 25 heavy (non-hydrogen) atoms. The van der Waals surface area contributed by atoms with E-state index < -0.39 is 5.97 Å². The fourth-order valence-electron chi connectivity index (χ4n) is 3.93. The lowest BCUT2D eigenvalue weighted by Gasteiger charge is -2.21. The lowest BCUT2D eigenvalue weighted by atomic mass is 9.85. The van der Waals surface area contributed by atoms with Crippen LogP contribution < -0.4 is 0 Å². The van der Waals surface area contributed by atoms with E-state index in [1.165, 1.54) is 40.7 Å². The van der Waals surface area contributed by atoms with Gasteiger partial charge in [0.25, 0.3) is 0 Å². The summed E-state index contributed by atoms with van der Waals surface area (Å²) in [5.74, 6) is -0.588. The highest BCUT2D eigenvalue weighted by Gasteiger charge is 2.49. The van der Waals surface area contributed by atoms with Crippen molar-refractivity contribution in [2.75, 3.05) is 0 Å². The van der Waals surface area contributed by atoms with Crippen molar-refractivity contribution in [3.63, 3.8) is 0 Å². The molecule has 1 fully saturated rings. The lowest BCUT2D eigenvalue weighted by molar-refractivity contribution is -0.143. The van der Waals surface area contributed by atoms with Crippen LogP contribution in [0, 0.1) is 31.6 Å². The van der Waals surface area contributed by atoms with Crippen molar-refractivity contribution in [1.29, 1.82) is 0 Å². The molecule has 0 amide bonds. The highest BCUT2D eigenvalue weighted by Crippen LogP contribution is 2.50. The van der Waals surface area contributed by atoms with E-state index in [-0.39, 0.29) is 5.41 Å². The molecule has 0 spiro atoms. The van der Waals surface area contributed by atoms with Gasteiger partial charge in [0.1, 0.15) is 0 Å². The zero-order valence-corrected chi connectivity index (χ0v) is 17.1. The Kier molecular flexibility index (Phi) is 6.01. The third-order valence-electron chi connectivity index (χ3n) is 6.15. The van der Waals surface area contributed by atoms with Crippen LogP contribution in [0.25, 0.3) is 0 Å². The molecule has 2 nitrogen and oxygen atoms in total. The predicted octanol–water partition coefficient (Wildman–Crippen LogP) is 6.17. The molecule has 1 aromatic carbocycles. The highest BCUT2D eigenvalue weighted by molar-refractivity contribution is 5.77. The molecule has 0 atom stereocenters. The van der Waals surface area contributed by atoms with Crippen LogP contribution in [-0.2, 0) is 17.6 Å². The maximum absolute atomic E-state index is 11.4. The van der Waals surface area contributed by atoms with Crippen LogP contribution in [-0.4, -0.2) is 11.1 Å². The molecule has 1 aromatic rings. The van der Waals surface area contributed by atoms with Crippen molar-refractivity contribution in [2.45, 2.75) is 92.9 Å². The summed E-state index contributed by atoms with van der Waals surface area (Å²) in [5, 5.41) is 9.38. The van der Waals surface area contributed by atoms with Crippen molar-refractivity contribution >= 4 is 5.97 Å². The van der Waals surface area contributed by atoms with E-state index in [9.17, 15) is 9.90 Å². The second-order valence-electron chi connectivity index (χ2n) is 9.43. The molecule has 2 rings (SSSR count). The molecule has 0 radical (unpaired) electrons. The molecule has 1 aliphatic carbocycles. The standard InChI is InChI=1S/C23H36O2/c1-16-15-19(9-7-11-22(4,5)6)20(18(3)17(16)2)10-8-12-23(13-14-23)21(24)25/h15H,7-14H2,1-6H3,(H,24,25). The molecule has 0 aliphatic heterocycles. The topological polar surface area (TPSA) is 37.3 Å². The summed E-state index contributed by atoms with van der Waals surface area (Å²) in [7, 11) is 0. The minimum Gasteiger partial charge on any atom is -0.481 e. The quantitative estimate of drug-likeness (QED) is 0.612. The van der Waals surface area contributed by atoms with Gasteiger partial charge in [-0.1, -0.05) is 26.8 Å². The Morgan fingerprint density at radius 3 is 2.24 bits per heavy atom. The predicted molar refractivity (Wildman–Crippen MR) is 105 cm³/mol. The summed E-state index contributed by atoms with van der Waals surface area (Å²) < 4.78 is 0. The van der Waals surface area contributed by atoms with E-state index in [4.69, 9.17) is 0 Å². The van der Waals surface area contributed by atoms with Gasteiger partial charge in [0.15, 0.2) is 0 Å². The Morgan fingerprint density at radius 2 is 1.72 bits per heavy atom. The summed E-state index contributed by atoms with van der Waals surface area (Å²) in [4.78, 5) is 11.4. The fourth-order valence-corrected chi connectivity index (χ4v) is 3.93. The number of carboxylic acids is 1. The number of hydrogen-bond acceptors (Lipinski definition) is 1. The Bertz CT molecular complexity index is 630. The molecule has 0 bridgehead atoms. The average molecular weight is 345 g/mol.